The second kappa shape index (κ2) is 11.4. The fraction of sp³-hybridized carbons (Fsp3) is 0.346. The Kier molecular flexibility index (Phi) is 8.09. The first-order valence-electron chi connectivity index (χ1n) is 11.8. The summed E-state index contributed by atoms with van der Waals surface area (Å²) in [5.74, 6) is -1.05. The molecule has 2 aliphatic heterocycles. The summed E-state index contributed by atoms with van der Waals surface area (Å²) >= 11 is 0. The molecule has 184 valence electrons. The molecule has 1 saturated heterocycles. The Balaban J connectivity index is 1.28. The highest BCUT2D eigenvalue weighted by Gasteiger charge is 2.25. The molecule has 2 aromatic carbocycles. The van der Waals surface area contributed by atoms with Gasteiger partial charge in [0.2, 0.25) is 10.0 Å². The largest absolute Gasteiger partial charge is 0.452 e. The molecule has 2 heterocycles. The van der Waals surface area contributed by atoms with Crippen molar-refractivity contribution < 1.29 is 22.7 Å². The average molecular weight is 496 g/mol. The maximum atomic E-state index is 12.9. The number of carbonyl (C=O) groups is 2. The van der Waals surface area contributed by atoms with Crippen molar-refractivity contribution in [2.75, 3.05) is 26.2 Å². The second-order valence-electron chi connectivity index (χ2n) is 8.51. The number of nitrogens with zero attached hydrogens (tertiary/aromatic N) is 3. The van der Waals surface area contributed by atoms with Gasteiger partial charge in [0.05, 0.1) is 17.2 Å². The fourth-order valence-electron chi connectivity index (χ4n) is 4.07. The van der Waals surface area contributed by atoms with Crippen LogP contribution in [-0.2, 0) is 24.3 Å². The van der Waals surface area contributed by atoms with E-state index in [0.29, 0.717) is 31.6 Å². The van der Waals surface area contributed by atoms with Gasteiger partial charge in [0.25, 0.3) is 5.91 Å². The van der Waals surface area contributed by atoms with Crippen molar-refractivity contribution in [2.24, 2.45) is 5.10 Å². The molecule has 9 heteroatoms. The molecule has 1 fully saturated rings. The van der Waals surface area contributed by atoms with Gasteiger partial charge >= 0.3 is 5.97 Å². The number of hydrazone groups is 1. The van der Waals surface area contributed by atoms with Crippen molar-refractivity contribution in [3.8, 4) is 0 Å². The van der Waals surface area contributed by atoms with Crippen molar-refractivity contribution >= 4 is 33.7 Å². The molecule has 0 bridgehead atoms. The minimum atomic E-state index is -3.52. The van der Waals surface area contributed by atoms with E-state index in [1.807, 2.05) is 30.3 Å². The molecule has 0 saturated carbocycles. The monoisotopic (exact) mass is 495 g/mol. The Morgan fingerprint density at radius 2 is 1.60 bits per heavy atom. The molecule has 0 atom stereocenters. The van der Waals surface area contributed by atoms with Crippen molar-refractivity contribution in [1.82, 2.24) is 9.31 Å². The lowest BCUT2D eigenvalue weighted by Gasteiger charge is -2.19. The van der Waals surface area contributed by atoms with Crippen LogP contribution in [0.5, 0.6) is 0 Å². The Morgan fingerprint density at radius 3 is 2.29 bits per heavy atom. The first-order chi connectivity index (χ1) is 16.9. The predicted molar refractivity (Wildman–Crippen MR) is 133 cm³/mol. The number of benzene rings is 2. The molecule has 0 aromatic heterocycles. The van der Waals surface area contributed by atoms with E-state index in [4.69, 9.17) is 4.74 Å². The molecule has 2 aliphatic rings. The third-order valence-electron chi connectivity index (χ3n) is 6.03. The minimum absolute atomic E-state index is 0.241. The van der Waals surface area contributed by atoms with Gasteiger partial charge in [0, 0.05) is 25.6 Å². The van der Waals surface area contributed by atoms with Gasteiger partial charge < -0.3 is 4.74 Å². The van der Waals surface area contributed by atoms with Crippen LogP contribution < -0.4 is 0 Å². The summed E-state index contributed by atoms with van der Waals surface area (Å²) in [6, 6.07) is 16.0. The maximum absolute atomic E-state index is 12.9. The topological polar surface area (TPSA) is 96.3 Å². The molecular weight excluding hydrogens is 466 g/mol. The van der Waals surface area contributed by atoms with Crippen LogP contribution in [0, 0.1) is 0 Å². The summed E-state index contributed by atoms with van der Waals surface area (Å²) in [4.78, 5) is 24.7. The van der Waals surface area contributed by atoms with E-state index in [9.17, 15) is 18.0 Å². The lowest BCUT2D eigenvalue weighted by atomic mass is 10.1. The van der Waals surface area contributed by atoms with E-state index in [2.05, 4.69) is 5.10 Å². The number of hydrogen-bond donors (Lipinski definition) is 0. The van der Waals surface area contributed by atoms with E-state index in [-0.39, 0.29) is 10.8 Å². The predicted octanol–water partition coefficient (Wildman–Crippen LogP) is 3.44. The number of hydrogen-bond acceptors (Lipinski definition) is 6. The van der Waals surface area contributed by atoms with Crippen molar-refractivity contribution in [2.45, 2.75) is 37.0 Å². The summed E-state index contributed by atoms with van der Waals surface area (Å²) in [5.41, 5.74) is 2.44. The highest BCUT2D eigenvalue weighted by atomic mass is 32.2. The van der Waals surface area contributed by atoms with Crippen molar-refractivity contribution in [3.05, 3.63) is 71.8 Å². The normalized spacial score (nSPS) is 17.3. The highest BCUT2D eigenvalue weighted by Crippen LogP contribution is 2.21. The van der Waals surface area contributed by atoms with Crippen LogP contribution in [0.2, 0.25) is 0 Å². The van der Waals surface area contributed by atoms with E-state index >= 15 is 0 Å². The van der Waals surface area contributed by atoms with Crippen LogP contribution >= 0.6 is 0 Å². The zero-order chi connectivity index (χ0) is 24.7. The molecule has 0 spiro atoms. The highest BCUT2D eigenvalue weighted by molar-refractivity contribution is 7.89. The Morgan fingerprint density at radius 1 is 0.914 bits per heavy atom. The lowest BCUT2D eigenvalue weighted by Crippen LogP contribution is -2.31. The van der Waals surface area contributed by atoms with Crippen LogP contribution in [-0.4, -0.2) is 61.6 Å². The number of sulfonamides is 1. The van der Waals surface area contributed by atoms with Gasteiger partial charge in [0.1, 0.15) is 0 Å². The lowest BCUT2D eigenvalue weighted by molar-refractivity contribution is -0.147. The smallest absolute Gasteiger partial charge is 0.331 e. The van der Waals surface area contributed by atoms with Crippen LogP contribution in [0.1, 0.15) is 43.2 Å². The van der Waals surface area contributed by atoms with Gasteiger partial charge in [-0.05, 0) is 42.2 Å². The molecule has 8 nitrogen and oxygen atoms in total. The summed E-state index contributed by atoms with van der Waals surface area (Å²) in [5, 5.41) is 5.66. The summed E-state index contributed by atoms with van der Waals surface area (Å²) in [6.07, 6.45) is 7.25. The zero-order valence-electron chi connectivity index (χ0n) is 19.5. The Bertz CT molecular complexity index is 1200. The number of amides is 1. The van der Waals surface area contributed by atoms with E-state index < -0.39 is 22.6 Å². The van der Waals surface area contributed by atoms with E-state index in [1.54, 1.807) is 28.6 Å². The van der Waals surface area contributed by atoms with E-state index in [1.165, 1.54) is 17.2 Å². The molecule has 2 aromatic rings. The molecular formula is C26H29N3O5S. The van der Waals surface area contributed by atoms with Gasteiger partial charge in [-0.25, -0.2) is 18.2 Å². The Labute approximate surface area is 205 Å². The van der Waals surface area contributed by atoms with Gasteiger partial charge in [-0.15, -0.1) is 0 Å². The van der Waals surface area contributed by atoms with Gasteiger partial charge in [-0.3, -0.25) is 4.79 Å². The van der Waals surface area contributed by atoms with Crippen molar-refractivity contribution in [3.63, 3.8) is 0 Å². The molecule has 0 radical (unpaired) electrons. The average Bonchev–Trinajstić information content (AvgIpc) is 3.21. The molecule has 0 aliphatic carbocycles. The third-order valence-corrected chi connectivity index (χ3v) is 7.94. The van der Waals surface area contributed by atoms with Crippen molar-refractivity contribution in [1.29, 1.82) is 0 Å². The molecule has 0 unspecified atom stereocenters. The maximum Gasteiger partial charge on any atom is 0.331 e. The van der Waals surface area contributed by atoms with Crippen LogP contribution in [0.3, 0.4) is 0 Å². The first kappa shape index (κ1) is 24.8. The molecule has 4 rings (SSSR count). The third kappa shape index (κ3) is 6.43. The van der Waals surface area contributed by atoms with Crippen LogP contribution in [0.15, 0.2) is 70.7 Å². The fourth-order valence-corrected chi connectivity index (χ4v) is 5.59. The van der Waals surface area contributed by atoms with Gasteiger partial charge in [0.15, 0.2) is 6.61 Å². The van der Waals surface area contributed by atoms with Gasteiger partial charge in [-0.2, -0.15) is 9.41 Å². The Hall–Kier alpha value is -3.30. The second-order valence-corrected chi connectivity index (χ2v) is 10.4. The molecule has 0 N–H and O–H groups in total. The van der Waals surface area contributed by atoms with Gasteiger partial charge in [-0.1, -0.05) is 55.3 Å². The summed E-state index contributed by atoms with van der Waals surface area (Å²) in [7, 11) is -3.52. The minimum Gasteiger partial charge on any atom is -0.452 e. The SMILES string of the molecule is O=C(C=Cc1ccc(S(=O)(=O)N2CCCCCC2)cc1)OCC(=O)N1CCC(c2ccccc2)=N1. The van der Waals surface area contributed by atoms with E-state index in [0.717, 1.165) is 37.0 Å². The zero-order valence-corrected chi connectivity index (χ0v) is 20.3. The summed E-state index contributed by atoms with van der Waals surface area (Å²) in [6.45, 7) is 1.14. The van der Waals surface area contributed by atoms with Crippen LogP contribution in [0.25, 0.3) is 6.08 Å². The molecule has 1 amide bonds. The number of rotatable bonds is 7. The number of esters is 1. The first-order valence-corrected chi connectivity index (χ1v) is 13.3. The van der Waals surface area contributed by atoms with Crippen LogP contribution in [0.4, 0.5) is 0 Å². The summed E-state index contributed by atoms with van der Waals surface area (Å²) < 4.78 is 32.3. The number of ether oxygens (including phenoxy) is 1. The quantitative estimate of drug-likeness (QED) is 0.433. The standard InChI is InChI=1S/C26H29N3O5S/c30-25(29-19-16-24(27-29)22-8-4-3-5-9-22)20-34-26(31)15-12-21-10-13-23(14-11-21)35(32,33)28-17-6-1-2-7-18-28/h3-5,8-15H,1-2,6-7,16-20H2. The number of carbonyl (C=O) groups excluding carboxylic acids is 2. The molecule has 35 heavy (non-hydrogen) atoms.